The summed E-state index contributed by atoms with van der Waals surface area (Å²) >= 11 is 5.93. The third-order valence-corrected chi connectivity index (χ3v) is 6.07. The highest BCUT2D eigenvalue weighted by Crippen LogP contribution is 2.29. The van der Waals surface area contributed by atoms with E-state index in [0.717, 1.165) is 16.1 Å². The number of rotatable bonds is 9. The fraction of sp³-hybridized carbons (Fsp3) is 0.381. The van der Waals surface area contributed by atoms with Gasteiger partial charge in [0.15, 0.2) is 11.5 Å². The second-order valence-corrected chi connectivity index (χ2v) is 9.14. The Morgan fingerprint density at radius 1 is 1.07 bits per heavy atom. The third kappa shape index (κ3) is 5.58. The van der Waals surface area contributed by atoms with E-state index in [9.17, 15) is 13.2 Å². The lowest BCUT2D eigenvalue weighted by Gasteiger charge is -2.33. The van der Waals surface area contributed by atoms with Crippen molar-refractivity contribution in [1.82, 2.24) is 4.90 Å². The first-order valence-electron chi connectivity index (χ1n) is 9.33. The van der Waals surface area contributed by atoms with Gasteiger partial charge >= 0.3 is 0 Å². The maximum Gasteiger partial charge on any atom is 0.246 e. The summed E-state index contributed by atoms with van der Waals surface area (Å²) in [4.78, 5) is 14.7. The van der Waals surface area contributed by atoms with Gasteiger partial charge in [0.05, 0.1) is 26.2 Å². The van der Waals surface area contributed by atoms with E-state index >= 15 is 0 Å². The largest absolute Gasteiger partial charge is 0.493 e. The lowest BCUT2D eigenvalue weighted by atomic mass is 10.1. The minimum atomic E-state index is -3.71. The second kappa shape index (κ2) is 10.0. The molecular weight excluding hydrogens is 428 g/mol. The summed E-state index contributed by atoms with van der Waals surface area (Å²) in [6, 6.07) is 10.9. The van der Waals surface area contributed by atoms with Crippen molar-refractivity contribution in [3.05, 3.63) is 53.1 Å². The van der Waals surface area contributed by atoms with Crippen LogP contribution in [0.5, 0.6) is 11.5 Å². The SMILES string of the molecule is CCC(C(=O)N(C)Cc1ccc(OC)c(OC)c1)N(c1ccc(Cl)cc1)S(C)(=O)=O. The molecule has 0 bridgehead atoms. The summed E-state index contributed by atoms with van der Waals surface area (Å²) in [5.74, 6) is 0.835. The van der Waals surface area contributed by atoms with Gasteiger partial charge in [0, 0.05) is 18.6 Å². The molecule has 1 unspecified atom stereocenters. The monoisotopic (exact) mass is 454 g/mol. The summed E-state index contributed by atoms with van der Waals surface area (Å²) in [5.41, 5.74) is 1.22. The number of nitrogens with zero attached hydrogens (tertiary/aromatic N) is 2. The van der Waals surface area contributed by atoms with Crippen molar-refractivity contribution in [3.8, 4) is 11.5 Å². The first-order chi connectivity index (χ1) is 14.1. The van der Waals surface area contributed by atoms with Gasteiger partial charge < -0.3 is 14.4 Å². The van der Waals surface area contributed by atoms with Gasteiger partial charge in [-0.05, 0) is 48.4 Å². The van der Waals surface area contributed by atoms with Crippen LogP contribution in [0.4, 0.5) is 5.69 Å². The number of methoxy groups -OCH3 is 2. The Bertz CT molecular complexity index is 979. The lowest BCUT2D eigenvalue weighted by Crippen LogP contribution is -2.49. The molecule has 2 aromatic rings. The molecular formula is C21H27ClN2O5S. The van der Waals surface area contributed by atoms with Crippen molar-refractivity contribution < 1.29 is 22.7 Å². The fourth-order valence-corrected chi connectivity index (χ4v) is 4.55. The van der Waals surface area contributed by atoms with Gasteiger partial charge in [-0.3, -0.25) is 9.10 Å². The van der Waals surface area contributed by atoms with E-state index in [1.807, 2.05) is 6.07 Å². The highest BCUT2D eigenvalue weighted by molar-refractivity contribution is 7.92. The molecule has 0 aliphatic heterocycles. The molecule has 1 amide bonds. The topological polar surface area (TPSA) is 76.2 Å². The molecule has 0 heterocycles. The van der Waals surface area contributed by atoms with Crippen LogP contribution < -0.4 is 13.8 Å². The van der Waals surface area contributed by atoms with Crippen molar-refractivity contribution in [1.29, 1.82) is 0 Å². The number of sulfonamides is 1. The standard InChI is InChI=1S/C21H27ClN2O5S/c1-6-18(24(30(5,26)27)17-10-8-16(22)9-11-17)21(25)23(2)14-15-7-12-19(28-3)20(13-15)29-4/h7-13,18H,6,14H2,1-5H3. The van der Waals surface area contributed by atoms with Crippen LogP contribution in [0.15, 0.2) is 42.5 Å². The van der Waals surface area contributed by atoms with Crippen molar-refractivity contribution in [2.75, 3.05) is 31.8 Å². The molecule has 1 atom stereocenters. The molecule has 2 rings (SSSR count). The number of ether oxygens (including phenoxy) is 2. The zero-order valence-corrected chi connectivity index (χ0v) is 19.3. The number of amides is 1. The Hall–Kier alpha value is -2.45. The number of carbonyl (C=O) groups is 1. The molecule has 2 aromatic carbocycles. The number of halogens is 1. The molecule has 0 N–H and O–H groups in total. The Morgan fingerprint density at radius 2 is 1.67 bits per heavy atom. The quantitative estimate of drug-likeness (QED) is 0.579. The average molecular weight is 455 g/mol. The smallest absolute Gasteiger partial charge is 0.246 e. The Morgan fingerprint density at radius 3 is 2.17 bits per heavy atom. The number of benzene rings is 2. The first-order valence-corrected chi connectivity index (χ1v) is 11.6. The highest BCUT2D eigenvalue weighted by Gasteiger charge is 2.33. The van der Waals surface area contributed by atoms with Crippen LogP contribution >= 0.6 is 11.6 Å². The van der Waals surface area contributed by atoms with Gasteiger partial charge in [-0.15, -0.1) is 0 Å². The van der Waals surface area contributed by atoms with Gasteiger partial charge in [-0.2, -0.15) is 0 Å². The van der Waals surface area contributed by atoms with E-state index in [4.69, 9.17) is 21.1 Å². The molecule has 9 heteroatoms. The van der Waals surface area contributed by atoms with Crippen molar-refractivity contribution >= 4 is 33.2 Å². The number of anilines is 1. The third-order valence-electron chi connectivity index (χ3n) is 4.64. The molecule has 0 aliphatic rings. The molecule has 0 radical (unpaired) electrons. The minimum Gasteiger partial charge on any atom is -0.493 e. The van der Waals surface area contributed by atoms with Crippen molar-refractivity contribution in [2.45, 2.75) is 25.9 Å². The van der Waals surface area contributed by atoms with E-state index < -0.39 is 16.1 Å². The van der Waals surface area contributed by atoms with Crippen molar-refractivity contribution in [3.63, 3.8) is 0 Å². The zero-order chi connectivity index (χ0) is 22.5. The molecule has 30 heavy (non-hydrogen) atoms. The Labute approximate surface area is 183 Å². The minimum absolute atomic E-state index is 0.286. The average Bonchev–Trinajstić information content (AvgIpc) is 2.71. The van der Waals surface area contributed by atoms with E-state index in [2.05, 4.69) is 0 Å². The summed E-state index contributed by atoms with van der Waals surface area (Å²) in [7, 11) is 1.03. The first kappa shape index (κ1) is 23.8. The van der Waals surface area contributed by atoms with Crippen LogP contribution in [-0.4, -0.2) is 52.8 Å². The van der Waals surface area contributed by atoms with Crippen LogP contribution in [0, 0.1) is 0 Å². The number of hydrogen-bond acceptors (Lipinski definition) is 5. The summed E-state index contributed by atoms with van der Waals surface area (Å²) < 4.78 is 36.8. The van der Waals surface area contributed by atoms with Gasteiger partial charge in [0.2, 0.25) is 15.9 Å². The molecule has 0 fully saturated rings. The maximum atomic E-state index is 13.2. The van der Waals surface area contributed by atoms with Gasteiger partial charge in [-0.25, -0.2) is 8.42 Å². The van der Waals surface area contributed by atoms with Gasteiger partial charge in [0.25, 0.3) is 0 Å². The van der Waals surface area contributed by atoms with Crippen LogP contribution in [-0.2, 0) is 21.4 Å². The predicted molar refractivity (Wildman–Crippen MR) is 119 cm³/mol. The van der Waals surface area contributed by atoms with Crippen molar-refractivity contribution in [2.24, 2.45) is 0 Å². The van der Waals surface area contributed by atoms with E-state index in [-0.39, 0.29) is 12.5 Å². The second-order valence-electron chi connectivity index (χ2n) is 6.84. The number of hydrogen-bond donors (Lipinski definition) is 0. The summed E-state index contributed by atoms with van der Waals surface area (Å²) in [6.45, 7) is 2.06. The van der Waals surface area contributed by atoms with Gasteiger partial charge in [-0.1, -0.05) is 24.6 Å². The zero-order valence-electron chi connectivity index (χ0n) is 17.8. The highest BCUT2D eigenvalue weighted by atomic mass is 35.5. The van der Waals surface area contributed by atoms with Crippen LogP contribution in [0.25, 0.3) is 0 Å². The van der Waals surface area contributed by atoms with E-state index in [0.29, 0.717) is 28.6 Å². The molecule has 0 spiro atoms. The molecule has 0 aromatic heterocycles. The normalized spacial score (nSPS) is 12.2. The molecule has 0 aliphatic carbocycles. The van der Waals surface area contributed by atoms with E-state index in [1.54, 1.807) is 64.6 Å². The lowest BCUT2D eigenvalue weighted by molar-refractivity contribution is -0.131. The Balaban J connectivity index is 2.31. The summed E-state index contributed by atoms with van der Waals surface area (Å²) in [6.07, 6.45) is 1.40. The fourth-order valence-electron chi connectivity index (χ4n) is 3.22. The van der Waals surface area contributed by atoms with Crippen LogP contribution in [0.1, 0.15) is 18.9 Å². The van der Waals surface area contributed by atoms with E-state index in [1.165, 1.54) is 4.90 Å². The summed E-state index contributed by atoms with van der Waals surface area (Å²) in [5, 5.41) is 0.483. The molecule has 0 saturated heterocycles. The predicted octanol–water partition coefficient (Wildman–Crippen LogP) is 3.56. The maximum absolute atomic E-state index is 13.2. The van der Waals surface area contributed by atoms with Gasteiger partial charge in [0.1, 0.15) is 6.04 Å². The van der Waals surface area contributed by atoms with Crippen LogP contribution in [0.3, 0.4) is 0 Å². The Kier molecular flexibility index (Phi) is 7.97. The molecule has 0 saturated carbocycles. The van der Waals surface area contributed by atoms with Crippen LogP contribution in [0.2, 0.25) is 5.02 Å². The number of carbonyl (C=O) groups excluding carboxylic acids is 1. The molecule has 164 valence electrons. The molecule has 7 nitrogen and oxygen atoms in total. The number of likely N-dealkylation sites (N-methyl/N-ethyl adjacent to an activating group) is 1.